The number of likely N-dealkylation sites (N-methyl/N-ethyl adjacent to an activating group) is 1. The number of anilines is 3. The molecule has 3 aliphatic rings. The molecule has 0 aliphatic carbocycles. The van der Waals surface area contributed by atoms with Crippen molar-refractivity contribution < 1.29 is 28.7 Å². The van der Waals surface area contributed by atoms with Crippen molar-refractivity contribution in [1.29, 1.82) is 0 Å². The first-order valence-corrected chi connectivity index (χ1v) is 18.1. The lowest BCUT2D eigenvalue weighted by Crippen LogP contribution is -2.47. The highest BCUT2D eigenvalue weighted by Gasteiger charge is 2.36. The van der Waals surface area contributed by atoms with Gasteiger partial charge in [-0.05, 0) is 86.0 Å². The number of carbonyl (C=O) groups excluding carboxylic acids is 3. The van der Waals surface area contributed by atoms with Crippen LogP contribution in [0.5, 0.6) is 11.5 Å². The first-order valence-electron chi connectivity index (χ1n) is 18.1. The molecule has 4 aromatic carbocycles. The molecule has 7 rings (SSSR count). The lowest BCUT2D eigenvalue weighted by molar-refractivity contribution is -0.126. The third kappa shape index (κ3) is 7.51. The Morgan fingerprint density at radius 1 is 0.907 bits per heavy atom. The van der Waals surface area contributed by atoms with Crippen molar-refractivity contribution in [2.75, 3.05) is 36.0 Å². The van der Waals surface area contributed by atoms with Gasteiger partial charge in [-0.15, -0.1) is 0 Å². The smallest absolute Gasteiger partial charge is 0.261 e. The van der Waals surface area contributed by atoms with Gasteiger partial charge in [-0.3, -0.25) is 29.1 Å². The number of rotatable bonds is 13. The van der Waals surface area contributed by atoms with E-state index >= 15 is 0 Å². The number of aliphatic imine (C=N–C) groups is 1. The van der Waals surface area contributed by atoms with Gasteiger partial charge in [0.05, 0.1) is 42.2 Å². The quantitative estimate of drug-likeness (QED) is 0.156. The highest BCUT2D eigenvalue weighted by atomic mass is 16.7. The average Bonchev–Trinajstić information content (AvgIpc) is 3.68. The van der Waals surface area contributed by atoms with Crippen LogP contribution in [0, 0.1) is 0 Å². The number of benzene rings is 4. The molecule has 13 heteroatoms. The first kappa shape index (κ1) is 36.6. The summed E-state index contributed by atoms with van der Waals surface area (Å²) >= 11 is 0. The second-order valence-corrected chi connectivity index (χ2v) is 13.9. The first-order chi connectivity index (χ1) is 26.1. The molecule has 5 N–H and O–H groups in total. The van der Waals surface area contributed by atoms with E-state index in [0.717, 1.165) is 41.0 Å². The van der Waals surface area contributed by atoms with E-state index in [1.165, 1.54) is 12.7 Å². The van der Waals surface area contributed by atoms with Crippen molar-refractivity contribution in [2.24, 2.45) is 10.7 Å². The van der Waals surface area contributed by atoms with Gasteiger partial charge in [0.2, 0.25) is 11.8 Å². The van der Waals surface area contributed by atoms with Crippen LogP contribution in [0.3, 0.4) is 0 Å². The van der Waals surface area contributed by atoms with Crippen molar-refractivity contribution in [1.82, 2.24) is 10.6 Å². The Balaban J connectivity index is 1.14. The fourth-order valence-corrected chi connectivity index (χ4v) is 7.15. The number of fused-ring (bicyclic) bond motifs is 5. The zero-order chi connectivity index (χ0) is 37.9. The maximum absolute atomic E-state index is 13.9. The van der Waals surface area contributed by atoms with Gasteiger partial charge in [-0.1, -0.05) is 36.4 Å². The van der Waals surface area contributed by atoms with E-state index in [9.17, 15) is 14.4 Å². The molecular weight excluding hydrogens is 686 g/mol. The molecule has 0 spiro atoms. The minimum Gasteiger partial charge on any atom is -0.493 e. The van der Waals surface area contributed by atoms with E-state index in [1.807, 2.05) is 72.9 Å². The number of ether oxygens (including phenoxy) is 2. The lowest BCUT2D eigenvalue weighted by atomic mass is 10.1. The number of carbonyl (C=O) groups is 3. The van der Waals surface area contributed by atoms with Gasteiger partial charge in [0.25, 0.3) is 5.91 Å². The van der Waals surface area contributed by atoms with E-state index in [4.69, 9.17) is 25.0 Å². The summed E-state index contributed by atoms with van der Waals surface area (Å²) in [4.78, 5) is 52.3. The summed E-state index contributed by atoms with van der Waals surface area (Å²) in [6, 6.07) is 23.4. The summed E-state index contributed by atoms with van der Waals surface area (Å²) < 4.78 is 12.1. The van der Waals surface area contributed by atoms with Crippen LogP contribution in [0.15, 0.2) is 83.9 Å². The molecule has 0 bridgehead atoms. The normalized spacial score (nSPS) is 17.8. The fraction of sp³-hybridized carbons (Fsp3) is 0.317. The molecule has 3 heterocycles. The van der Waals surface area contributed by atoms with Crippen molar-refractivity contribution in [3.05, 3.63) is 107 Å². The zero-order valence-corrected chi connectivity index (χ0v) is 30.8. The monoisotopic (exact) mass is 731 g/mol. The lowest BCUT2D eigenvalue weighted by Gasteiger charge is -2.26. The summed E-state index contributed by atoms with van der Waals surface area (Å²) in [5.41, 5.74) is 12.9. The summed E-state index contributed by atoms with van der Waals surface area (Å²) in [6.45, 7) is 4.19. The number of hydrogen-bond acceptors (Lipinski definition) is 10. The molecule has 54 heavy (non-hydrogen) atoms. The Bertz CT molecular complexity index is 2100. The second kappa shape index (κ2) is 15.7. The van der Waals surface area contributed by atoms with Crippen molar-refractivity contribution in [3.63, 3.8) is 0 Å². The van der Waals surface area contributed by atoms with Crippen LogP contribution < -0.4 is 41.1 Å². The van der Waals surface area contributed by atoms with Crippen LogP contribution >= 0.6 is 0 Å². The van der Waals surface area contributed by atoms with Gasteiger partial charge in [-0.2, -0.15) is 0 Å². The largest absolute Gasteiger partial charge is 0.493 e. The standard InChI is InChI=1S/C41H45N7O6/c1-24(42)39(49)45-25(2)40(50)46-30-14-26(13-27(15-30)23-54-48-32(20-43-3)17-29-10-6-8-12-36(29)48)22-53-38-19-34-33(18-37(38)52-4)41(51)47-31(21-44-34)16-28-9-5-7-11-35(28)47/h5-15,18-19,21,24-25,31-32,43H,16-17,20,22-23,42H2,1-4H3,(H,45,49)(H,46,50)/t24-,25-,31-,32-/m0/s1. The van der Waals surface area contributed by atoms with Gasteiger partial charge in [0.1, 0.15) is 19.3 Å². The molecule has 0 saturated carbocycles. The Morgan fingerprint density at radius 2 is 1.61 bits per heavy atom. The van der Waals surface area contributed by atoms with Crippen molar-refractivity contribution in [3.8, 4) is 11.5 Å². The molecule has 280 valence electrons. The number of nitrogens with two attached hydrogens (primary N) is 1. The van der Waals surface area contributed by atoms with Crippen molar-refractivity contribution >= 4 is 46.7 Å². The maximum Gasteiger partial charge on any atom is 0.261 e. The Labute approximate surface area is 314 Å². The molecular formula is C41H45N7O6. The SMILES string of the molecule is CNC[C@@H]1Cc2ccccc2N1OCc1cc(COc2cc3c(cc2OC)C(=O)N2c4ccccc4C[C@H]2C=N3)cc(NC(=O)[C@H](C)NC(=O)[C@H](C)N)c1. The van der Waals surface area contributed by atoms with E-state index in [-0.39, 0.29) is 31.2 Å². The van der Waals surface area contributed by atoms with Crippen LogP contribution in [0.1, 0.15) is 46.5 Å². The van der Waals surface area contributed by atoms with Crippen LogP contribution in [-0.2, 0) is 40.5 Å². The number of nitrogens with zero attached hydrogens (tertiary/aromatic N) is 3. The van der Waals surface area contributed by atoms with Gasteiger partial charge in [0, 0.05) is 36.6 Å². The Morgan fingerprint density at radius 3 is 2.33 bits per heavy atom. The van der Waals surface area contributed by atoms with Crippen molar-refractivity contribution in [2.45, 2.75) is 64.1 Å². The number of para-hydroxylation sites is 2. The third-order valence-corrected chi connectivity index (χ3v) is 9.84. The molecule has 0 unspecified atom stereocenters. The maximum atomic E-state index is 13.9. The van der Waals surface area contributed by atoms with Gasteiger partial charge in [-0.25, -0.2) is 5.06 Å². The summed E-state index contributed by atoms with van der Waals surface area (Å²) in [6.07, 6.45) is 3.36. The molecule has 3 aliphatic heterocycles. The molecule has 13 nitrogen and oxygen atoms in total. The van der Waals surface area contributed by atoms with Crippen LogP contribution in [0.2, 0.25) is 0 Å². The van der Waals surface area contributed by atoms with Crippen LogP contribution in [-0.4, -0.2) is 68.8 Å². The van der Waals surface area contributed by atoms with E-state index in [2.05, 4.69) is 22.0 Å². The van der Waals surface area contributed by atoms with E-state index < -0.39 is 23.9 Å². The topological polar surface area (TPSA) is 160 Å². The Hall–Kier alpha value is -5.76. The number of hydroxylamine groups is 1. The molecule has 0 saturated heterocycles. The number of amides is 3. The molecule has 4 atom stereocenters. The van der Waals surface area contributed by atoms with Gasteiger partial charge >= 0.3 is 0 Å². The summed E-state index contributed by atoms with van der Waals surface area (Å²) in [7, 11) is 3.45. The predicted octanol–water partition coefficient (Wildman–Crippen LogP) is 4.43. The summed E-state index contributed by atoms with van der Waals surface area (Å²) in [5.74, 6) is -0.194. The van der Waals surface area contributed by atoms with E-state index in [1.54, 1.807) is 36.9 Å². The predicted molar refractivity (Wildman–Crippen MR) is 208 cm³/mol. The molecule has 0 radical (unpaired) electrons. The van der Waals surface area contributed by atoms with Gasteiger partial charge in [0.15, 0.2) is 11.5 Å². The zero-order valence-electron chi connectivity index (χ0n) is 30.8. The number of hydrogen-bond donors (Lipinski definition) is 4. The minimum atomic E-state index is -0.831. The third-order valence-electron chi connectivity index (χ3n) is 9.84. The van der Waals surface area contributed by atoms with Crippen LogP contribution in [0.25, 0.3) is 0 Å². The number of nitrogens with one attached hydrogen (secondary N) is 3. The Kier molecular flexibility index (Phi) is 10.6. The van der Waals surface area contributed by atoms with Crippen LogP contribution in [0.4, 0.5) is 22.7 Å². The molecule has 3 amide bonds. The highest BCUT2D eigenvalue weighted by Crippen LogP contribution is 2.41. The second-order valence-electron chi connectivity index (χ2n) is 13.9. The number of methoxy groups -OCH3 is 1. The minimum absolute atomic E-state index is 0.0948. The fourth-order valence-electron chi connectivity index (χ4n) is 7.15. The molecule has 4 aromatic rings. The molecule has 0 fully saturated rings. The molecule has 0 aromatic heterocycles. The summed E-state index contributed by atoms with van der Waals surface area (Å²) in [5, 5.41) is 10.8. The van der Waals surface area contributed by atoms with Gasteiger partial charge < -0.3 is 31.2 Å². The highest BCUT2D eigenvalue weighted by molar-refractivity contribution is 6.14. The van der Waals surface area contributed by atoms with E-state index in [0.29, 0.717) is 34.9 Å². The average molecular weight is 732 g/mol.